The van der Waals surface area contributed by atoms with Crippen molar-refractivity contribution in [2.45, 2.75) is 63.0 Å². The van der Waals surface area contributed by atoms with Gasteiger partial charge >= 0.3 is 0 Å². The minimum atomic E-state index is -0.181. The molecule has 2 aromatic rings. The van der Waals surface area contributed by atoms with Gasteiger partial charge in [0.05, 0.1) is 12.6 Å². The van der Waals surface area contributed by atoms with E-state index in [-0.39, 0.29) is 6.10 Å². The Kier molecular flexibility index (Phi) is 4.18. The number of hydrogen-bond acceptors (Lipinski definition) is 7. The van der Waals surface area contributed by atoms with Crippen molar-refractivity contribution in [1.29, 1.82) is 0 Å². The van der Waals surface area contributed by atoms with E-state index in [0.717, 1.165) is 43.1 Å². The van der Waals surface area contributed by atoms with Gasteiger partial charge in [0.1, 0.15) is 12.1 Å². The summed E-state index contributed by atoms with van der Waals surface area (Å²) in [5.41, 5.74) is 0.997. The van der Waals surface area contributed by atoms with Gasteiger partial charge in [-0.15, -0.1) is 0 Å². The molecule has 0 spiro atoms. The molecule has 0 aromatic carbocycles. The van der Waals surface area contributed by atoms with Crippen molar-refractivity contribution in [1.82, 2.24) is 20.1 Å². The predicted octanol–water partition coefficient (Wildman–Crippen LogP) is 2.39. The second-order valence-corrected chi connectivity index (χ2v) is 7.01. The van der Waals surface area contributed by atoms with Gasteiger partial charge in [-0.3, -0.25) is 0 Å². The molecular weight excluding hydrogens is 306 g/mol. The largest absolute Gasteiger partial charge is 0.393 e. The molecule has 0 aliphatic heterocycles. The monoisotopic (exact) mass is 329 g/mol. The Labute approximate surface area is 141 Å². The SMILES string of the molecule is CN(Cc1noc(C2CCCC2)n1)c1cc(C2CC(O)C2)ncn1. The zero-order valence-electron chi connectivity index (χ0n) is 13.9. The third-order valence-electron chi connectivity index (χ3n) is 5.16. The van der Waals surface area contributed by atoms with Crippen LogP contribution in [0.3, 0.4) is 0 Å². The average molecular weight is 329 g/mol. The molecule has 128 valence electrons. The molecule has 0 saturated heterocycles. The molecule has 2 heterocycles. The summed E-state index contributed by atoms with van der Waals surface area (Å²) in [6, 6.07) is 1.99. The Morgan fingerprint density at radius 3 is 2.75 bits per heavy atom. The second-order valence-electron chi connectivity index (χ2n) is 7.01. The lowest BCUT2D eigenvalue weighted by molar-refractivity contribution is 0.0732. The molecule has 0 atom stereocenters. The molecule has 4 rings (SSSR count). The van der Waals surface area contributed by atoms with Gasteiger partial charge < -0.3 is 14.5 Å². The zero-order chi connectivity index (χ0) is 16.5. The first-order valence-electron chi connectivity index (χ1n) is 8.72. The Morgan fingerprint density at radius 1 is 1.21 bits per heavy atom. The molecule has 7 heteroatoms. The molecule has 2 aliphatic carbocycles. The van der Waals surface area contributed by atoms with E-state index in [9.17, 15) is 5.11 Å². The predicted molar refractivity (Wildman–Crippen MR) is 87.6 cm³/mol. The van der Waals surface area contributed by atoms with Crippen LogP contribution >= 0.6 is 0 Å². The molecule has 2 fully saturated rings. The van der Waals surface area contributed by atoms with E-state index in [4.69, 9.17) is 4.52 Å². The van der Waals surface area contributed by atoms with E-state index in [2.05, 4.69) is 20.1 Å². The number of anilines is 1. The molecule has 1 N–H and O–H groups in total. The van der Waals surface area contributed by atoms with Gasteiger partial charge in [0.15, 0.2) is 5.82 Å². The highest BCUT2D eigenvalue weighted by Gasteiger charge is 2.30. The van der Waals surface area contributed by atoms with Gasteiger partial charge in [-0.25, -0.2) is 9.97 Å². The van der Waals surface area contributed by atoms with Crippen LogP contribution in [0.25, 0.3) is 0 Å². The Balaban J connectivity index is 1.42. The van der Waals surface area contributed by atoms with E-state index >= 15 is 0 Å². The fraction of sp³-hybridized carbons (Fsp3) is 0.647. The van der Waals surface area contributed by atoms with Crippen molar-refractivity contribution in [2.75, 3.05) is 11.9 Å². The first-order chi connectivity index (χ1) is 11.7. The molecule has 24 heavy (non-hydrogen) atoms. The smallest absolute Gasteiger partial charge is 0.229 e. The summed E-state index contributed by atoms with van der Waals surface area (Å²) in [5.74, 6) is 3.09. The lowest BCUT2D eigenvalue weighted by Crippen LogP contribution is -2.27. The molecule has 2 saturated carbocycles. The third kappa shape index (κ3) is 3.13. The molecule has 0 amide bonds. The van der Waals surface area contributed by atoms with E-state index in [1.54, 1.807) is 6.33 Å². The first kappa shape index (κ1) is 15.5. The molecule has 0 unspecified atom stereocenters. The van der Waals surface area contributed by atoms with Crippen LogP contribution < -0.4 is 4.90 Å². The standard InChI is InChI=1S/C17H23N5O2/c1-22(9-15-20-17(24-21-15)11-4-2-3-5-11)16-8-14(18-10-19-16)12-6-13(23)7-12/h8,10-13,23H,2-7,9H2,1H3. The number of nitrogens with zero attached hydrogens (tertiary/aromatic N) is 5. The van der Waals surface area contributed by atoms with Crippen molar-refractivity contribution < 1.29 is 9.63 Å². The van der Waals surface area contributed by atoms with Gasteiger partial charge in [0, 0.05) is 30.6 Å². The minimum absolute atomic E-state index is 0.181. The van der Waals surface area contributed by atoms with Crippen LogP contribution in [0.2, 0.25) is 0 Å². The van der Waals surface area contributed by atoms with Gasteiger partial charge in [-0.2, -0.15) is 4.98 Å². The van der Waals surface area contributed by atoms with Crippen LogP contribution in [0.15, 0.2) is 16.9 Å². The van der Waals surface area contributed by atoms with Gasteiger partial charge in [0.2, 0.25) is 5.89 Å². The molecule has 2 aliphatic rings. The van der Waals surface area contributed by atoms with Gasteiger partial charge in [-0.1, -0.05) is 18.0 Å². The van der Waals surface area contributed by atoms with Crippen molar-refractivity contribution in [3.05, 3.63) is 29.8 Å². The Hall–Kier alpha value is -2.02. The number of hydrogen-bond donors (Lipinski definition) is 1. The Morgan fingerprint density at radius 2 is 2.00 bits per heavy atom. The normalized spacial score (nSPS) is 24.1. The van der Waals surface area contributed by atoms with Crippen molar-refractivity contribution in [3.63, 3.8) is 0 Å². The maximum atomic E-state index is 9.46. The molecule has 2 aromatic heterocycles. The lowest BCUT2D eigenvalue weighted by Gasteiger charge is -2.31. The van der Waals surface area contributed by atoms with Crippen LogP contribution in [0, 0.1) is 0 Å². The molecule has 0 radical (unpaired) electrons. The number of aromatic nitrogens is 4. The fourth-order valence-corrected chi connectivity index (χ4v) is 3.59. The van der Waals surface area contributed by atoms with Crippen LogP contribution in [-0.2, 0) is 6.54 Å². The van der Waals surface area contributed by atoms with Crippen molar-refractivity contribution >= 4 is 5.82 Å². The molecule has 7 nitrogen and oxygen atoms in total. The summed E-state index contributed by atoms with van der Waals surface area (Å²) in [4.78, 5) is 15.2. The van der Waals surface area contributed by atoms with Crippen molar-refractivity contribution in [3.8, 4) is 0 Å². The quantitative estimate of drug-likeness (QED) is 0.901. The fourth-order valence-electron chi connectivity index (χ4n) is 3.59. The van der Waals surface area contributed by atoms with Crippen molar-refractivity contribution in [2.24, 2.45) is 0 Å². The highest BCUT2D eigenvalue weighted by Crippen LogP contribution is 2.36. The van der Waals surface area contributed by atoms with Gasteiger partial charge in [0.25, 0.3) is 0 Å². The van der Waals surface area contributed by atoms with E-state index in [0.29, 0.717) is 24.2 Å². The summed E-state index contributed by atoms with van der Waals surface area (Å²) in [6.07, 6.45) is 7.79. The van der Waals surface area contributed by atoms with Crippen LogP contribution in [0.5, 0.6) is 0 Å². The summed E-state index contributed by atoms with van der Waals surface area (Å²) in [6.45, 7) is 0.556. The highest BCUT2D eigenvalue weighted by atomic mass is 16.5. The summed E-state index contributed by atoms with van der Waals surface area (Å²) < 4.78 is 5.44. The summed E-state index contributed by atoms with van der Waals surface area (Å²) in [7, 11) is 1.97. The maximum absolute atomic E-state index is 9.46. The highest BCUT2D eigenvalue weighted by molar-refractivity contribution is 5.39. The maximum Gasteiger partial charge on any atom is 0.229 e. The van der Waals surface area contributed by atoms with Crippen LogP contribution in [0.4, 0.5) is 5.82 Å². The summed E-state index contributed by atoms with van der Waals surface area (Å²) >= 11 is 0. The zero-order valence-corrected chi connectivity index (χ0v) is 13.9. The number of rotatable bonds is 5. The Bertz CT molecular complexity index is 692. The second kappa shape index (κ2) is 6.47. The topological polar surface area (TPSA) is 88.2 Å². The molecular formula is C17H23N5O2. The van der Waals surface area contributed by atoms with Crippen LogP contribution in [0.1, 0.15) is 67.8 Å². The van der Waals surface area contributed by atoms with Gasteiger partial charge in [-0.05, 0) is 25.7 Å². The van der Waals surface area contributed by atoms with E-state index in [1.165, 1.54) is 12.8 Å². The average Bonchev–Trinajstić information content (AvgIpc) is 3.23. The number of aliphatic hydroxyl groups is 1. The lowest BCUT2D eigenvalue weighted by atomic mass is 9.80. The van der Waals surface area contributed by atoms with Crippen LogP contribution in [-0.4, -0.2) is 38.4 Å². The van der Waals surface area contributed by atoms with E-state index < -0.39 is 0 Å². The third-order valence-corrected chi connectivity index (χ3v) is 5.16. The number of aliphatic hydroxyl groups excluding tert-OH is 1. The summed E-state index contributed by atoms with van der Waals surface area (Å²) in [5, 5.41) is 13.6. The molecule has 0 bridgehead atoms. The first-order valence-corrected chi connectivity index (χ1v) is 8.72. The van der Waals surface area contributed by atoms with E-state index in [1.807, 2.05) is 18.0 Å². The minimum Gasteiger partial charge on any atom is -0.393 e.